The summed E-state index contributed by atoms with van der Waals surface area (Å²) in [5, 5.41) is 10.0. The van der Waals surface area contributed by atoms with Crippen molar-refractivity contribution in [1.29, 1.82) is 0 Å². The van der Waals surface area contributed by atoms with E-state index in [0.29, 0.717) is 24.7 Å². The number of aliphatic hydroxyl groups is 1. The Hall–Kier alpha value is -2.20. The molecule has 3 unspecified atom stereocenters. The van der Waals surface area contributed by atoms with E-state index in [9.17, 15) is 14.3 Å². The first kappa shape index (κ1) is 23.0. The molecule has 0 amide bonds. The van der Waals surface area contributed by atoms with Crippen molar-refractivity contribution in [1.82, 2.24) is 0 Å². The molecule has 0 radical (unpaired) electrons. The van der Waals surface area contributed by atoms with Crippen LogP contribution in [0.2, 0.25) is 0 Å². The van der Waals surface area contributed by atoms with Crippen molar-refractivity contribution >= 4 is 5.97 Å². The normalized spacial score (nSPS) is 25.0. The highest BCUT2D eigenvalue weighted by Crippen LogP contribution is 2.44. The fourth-order valence-corrected chi connectivity index (χ4v) is 5.59. The summed E-state index contributed by atoms with van der Waals surface area (Å²) >= 11 is 0. The molecule has 1 saturated carbocycles. The number of ether oxygens (including phenoxy) is 1. The molecule has 1 aliphatic heterocycles. The molecule has 3 nitrogen and oxygen atoms in total. The van der Waals surface area contributed by atoms with Crippen LogP contribution in [0.3, 0.4) is 0 Å². The fraction of sp³-hybridized carbons (Fsp3) is 0.536. The maximum absolute atomic E-state index is 14.9. The van der Waals surface area contributed by atoms with E-state index < -0.39 is 11.9 Å². The van der Waals surface area contributed by atoms with E-state index in [1.165, 1.54) is 11.1 Å². The SMILES string of the molecule is CCc1ccc(C2CCC(C(C)C3Cc4ccc(C(O)CC)c(F)c4OC3=O)CC2)cc1. The summed E-state index contributed by atoms with van der Waals surface area (Å²) in [6.45, 7) is 6.13. The number of hydrogen-bond donors (Lipinski definition) is 1. The third kappa shape index (κ3) is 4.47. The summed E-state index contributed by atoms with van der Waals surface area (Å²) in [5.74, 6) is 0.127. The summed E-state index contributed by atoms with van der Waals surface area (Å²) in [5.41, 5.74) is 3.74. The van der Waals surface area contributed by atoms with Crippen molar-refractivity contribution in [3.63, 3.8) is 0 Å². The van der Waals surface area contributed by atoms with Gasteiger partial charge in [0.05, 0.1) is 12.0 Å². The van der Waals surface area contributed by atoms with Crippen LogP contribution in [-0.2, 0) is 17.6 Å². The predicted molar refractivity (Wildman–Crippen MR) is 124 cm³/mol. The van der Waals surface area contributed by atoms with E-state index in [1.807, 2.05) is 6.07 Å². The summed E-state index contributed by atoms with van der Waals surface area (Å²) in [6.07, 6.45) is 5.60. The zero-order valence-electron chi connectivity index (χ0n) is 19.4. The number of hydrogen-bond acceptors (Lipinski definition) is 3. The van der Waals surface area contributed by atoms with Crippen LogP contribution in [0.4, 0.5) is 4.39 Å². The highest BCUT2D eigenvalue weighted by atomic mass is 19.1. The van der Waals surface area contributed by atoms with Crippen molar-refractivity contribution in [3.8, 4) is 5.75 Å². The molecule has 3 atom stereocenters. The Morgan fingerprint density at radius 3 is 2.38 bits per heavy atom. The molecular weight excluding hydrogens is 403 g/mol. The Bertz CT molecular complexity index is 944. The zero-order valence-corrected chi connectivity index (χ0v) is 19.4. The topological polar surface area (TPSA) is 46.5 Å². The van der Waals surface area contributed by atoms with E-state index in [-0.39, 0.29) is 29.1 Å². The molecule has 1 aliphatic carbocycles. The highest BCUT2D eigenvalue weighted by Gasteiger charge is 2.39. The van der Waals surface area contributed by atoms with Crippen LogP contribution in [0.15, 0.2) is 36.4 Å². The number of halogens is 1. The number of esters is 1. The van der Waals surface area contributed by atoms with Gasteiger partial charge in [0.2, 0.25) is 0 Å². The highest BCUT2D eigenvalue weighted by molar-refractivity contribution is 5.78. The first-order valence-electron chi connectivity index (χ1n) is 12.2. The van der Waals surface area contributed by atoms with E-state index in [4.69, 9.17) is 4.74 Å². The van der Waals surface area contributed by atoms with Crippen molar-refractivity contribution in [2.75, 3.05) is 0 Å². The second kappa shape index (κ2) is 9.74. The number of aliphatic hydroxyl groups excluding tert-OH is 1. The Morgan fingerprint density at radius 2 is 1.75 bits per heavy atom. The molecule has 0 spiro atoms. The standard InChI is InChI=1S/C28H35FO3/c1-4-18-6-8-20(9-7-18)21-12-10-19(11-13-21)17(3)24-16-22-14-15-23(25(30)5-2)26(29)27(22)32-28(24)31/h6-9,14-15,17,19,21,24-25,30H,4-5,10-13,16H2,1-3H3. The van der Waals surface area contributed by atoms with Gasteiger partial charge in [0.15, 0.2) is 11.6 Å². The number of fused-ring (bicyclic) bond motifs is 1. The smallest absolute Gasteiger partial charge is 0.315 e. The monoisotopic (exact) mass is 438 g/mol. The lowest BCUT2D eigenvalue weighted by Crippen LogP contribution is -2.37. The molecule has 32 heavy (non-hydrogen) atoms. The maximum atomic E-state index is 14.9. The minimum Gasteiger partial charge on any atom is -0.423 e. The average Bonchev–Trinajstić information content (AvgIpc) is 2.83. The quantitative estimate of drug-likeness (QED) is 0.413. The van der Waals surface area contributed by atoms with Gasteiger partial charge in [0.1, 0.15) is 0 Å². The number of benzene rings is 2. The van der Waals surface area contributed by atoms with Crippen molar-refractivity contribution in [3.05, 3.63) is 64.5 Å². The van der Waals surface area contributed by atoms with Crippen LogP contribution in [0.25, 0.3) is 0 Å². The van der Waals surface area contributed by atoms with Crippen LogP contribution in [0, 0.1) is 23.6 Å². The zero-order chi connectivity index (χ0) is 22.8. The van der Waals surface area contributed by atoms with Crippen molar-refractivity contribution in [2.45, 2.75) is 77.7 Å². The van der Waals surface area contributed by atoms with E-state index in [1.54, 1.807) is 13.0 Å². The first-order valence-corrected chi connectivity index (χ1v) is 12.2. The molecule has 172 valence electrons. The van der Waals surface area contributed by atoms with Gasteiger partial charge >= 0.3 is 5.97 Å². The van der Waals surface area contributed by atoms with Gasteiger partial charge in [-0.2, -0.15) is 0 Å². The Balaban J connectivity index is 1.41. The molecule has 4 rings (SSSR count). The maximum Gasteiger partial charge on any atom is 0.315 e. The molecule has 1 fully saturated rings. The molecular formula is C28H35FO3. The lowest BCUT2D eigenvalue weighted by molar-refractivity contribution is -0.143. The van der Waals surface area contributed by atoms with Crippen LogP contribution in [0.5, 0.6) is 5.75 Å². The number of carbonyl (C=O) groups excluding carboxylic acids is 1. The van der Waals surface area contributed by atoms with E-state index in [2.05, 4.69) is 38.1 Å². The summed E-state index contributed by atoms with van der Waals surface area (Å²) in [6, 6.07) is 12.5. The Kier molecular flexibility index (Phi) is 6.99. The minimum atomic E-state index is -0.885. The Morgan fingerprint density at radius 1 is 1.06 bits per heavy atom. The van der Waals surface area contributed by atoms with Gasteiger partial charge in [-0.3, -0.25) is 4.79 Å². The molecule has 1 N–H and O–H groups in total. The largest absolute Gasteiger partial charge is 0.423 e. The van der Waals surface area contributed by atoms with Crippen LogP contribution >= 0.6 is 0 Å². The number of rotatable bonds is 6. The van der Waals surface area contributed by atoms with Crippen LogP contribution in [-0.4, -0.2) is 11.1 Å². The van der Waals surface area contributed by atoms with Crippen molar-refractivity contribution < 1.29 is 19.0 Å². The van der Waals surface area contributed by atoms with Gasteiger partial charge < -0.3 is 9.84 Å². The molecule has 2 aromatic carbocycles. The van der Waals surface area contributed by atoms with Gasteiger partial charge in [-0.15, -0.1) is 0 Å². The lowest BCUT2D eigenvalue weighted by Gasteiger charge is -2.37. The van der Waals surface area contributed by atoms with Gasteiger partial charge in [-0.05, 0) is 79.4 Å². The van der Waals surface area contributed by atoms with Crippen molar-refractivity contribution in [2.24, 2.45) is 17.8 Å². The van der Waals surface area contributed by atoms with Gasteiger partial charge in [0.25, 0.3) is 0 Å². The fourth-order valence-electron chi connectivity index (χ4n) is 5.59. The van der Waals surface area contributed by atoms with Gasteiger partial charge in [-0.25, -0.2) is 4.39 Å². The summed E-state index contributed by atoms with van der Waals surface area (Å²) in [4.78, 5) is 12.8. The van der Waals surface area contributed by atoms with Crippen LogP contribution in [0.1, 0.15) is 87.2 Å². The van der Waals surface area contributed by atoms with Crippen LogP contribution < -0.4 is 4.74 Å². The third-order valence-corrected chi connectivity index (χ3v) is 7.91. The second-order valence-electron chi connectivity index (χ2n) is 9.68. The molecule has 0 bridgehead atoms. The third-order valence-electron chi connectivity index (χ3n) is 7.91. The Labute approximate surface area is 191 Å². The molecule has 0 aromatic heterocycles. The van der Waals surface area contributed by atoms with Gasteiger partial charge in [-0.1, -0.05) is 57.2 Å². The summed E-state index contributed by atoms with van der Waals surface area (Å²) < 4.78 is 20.4. The van der Waals surface area contributed by atoms with E-state index in [0.717, 1.165) is 37.7 Å². The molecule has 0 saturated heterocycles. The number of aryl methyl sites for hydroxylation is 1. The average molecular weight is 439 g/mol. The molecule has 2 aromatic rings. The minimum absolute atomic E-state index is 0.0164. The number of carbonyl (C=O) groups is 1. The first-order chi connectivity index (χ1) is 15.4. The van der Waals surface area contributed by atoms with E-state index >= 15 is 0 Å². The molecule has 1 heterocycles. The summed E-state index contributed by atoms with van der Waals surface area (Å²) in [7, 11) is 0. The molecule has 4 heteroatoms. The lowest BCUT2D eigenvalue weighted by atomic mass is 9.69. The predicted octanol–water partition coefficient (Wildman–Crippen LogP) is 6.52. The van der Waals surface area contributed by atoms with Gasteiger partial charge in [0, 0.05) is 5.56 Å². The molecule has 2 aliphatic rings. The second-order valence-corrected chi connectivity index (χ2v) is 9.68.